The van der Waals surface area contributed by atoms with Crippen LogP contribution in [-0.2, 0) is 17.8 Å². The number of rotatable bonds is 6. The molecule has 0 aliphatic carbocycles. The second kappa shape index (κ2) is 7.17. The zero-order valence-corrected chi connectivity index (χ0v) is 14.2. The predicted octanol–water partition coefficient (Wildman–Crippen LogP) is 2.51. The lowest BCUT2D eigenvalue weighted by atomic mass is 10.1. The van der Waals surface area contributed by atoms with Crippen molar-refractivity contribution in [1.29, 1.82) is 0 Å². The molecule has 2 rings (SSSR count). The lowest BCUT2D eigenvalue weighted by Crippen LogP contribution is -2.28. The first-order valence-electron chi connectivity index (χ1n) is 7.32. The van der Waals surface area contributed by atoms with E-state index in [1.165, 1.54) is 0 Å². The first-order valence-corrected chi connectivity index (χ1v) is 7.32. The molecule has 0 atom stereocenters. The minimum absolute atomic E-state index is 0.0171. The van der Waals surface area contributed by atoms with Gasteiger partial charge in [-0.25, -0.2) is 0 Å². The Morgan fingerprint density at radius 1 is 1.26 bits per heavy atom. The Morgan fingerprint density at radius 2 is 2.00 bits per heavy atom. The third-order valence-electron chi connectivity index (χ3n) is 3.83. The average Bonchev–Trinajstić information content (AvgIpc) is 2.86. The second-order valence-corrected chi connectivity index (χ2v) is 5.41. The number of hydrogen-bond acceptors (Lipinski definition) is 5. The van der Waals surface area contributed by atoms with Crippen LogP contribution < -0.4 is 9.47 Å². The molecule has 0 fully saturated rings. The Bertz CT molecular complexity index is 674. The molecule has 1 aromatic carbocycles. The van der Waals surface area contributed by atoms with Crippen molar-refractivity contribution in [2.75, 3.05) is 21.3 Å². The van der Waals surface area contributed by atoms with Crippen LogP contribution in [0.5, 0.6) is 11.5 Å². The van der Waals surface area contributed by atoms with Gasteiger partial charge in [0.05, 0.1) is 32.9 Å². The summed E-state index contributed by atoms with van der Waals surface area (Å²) in [5, 5.41) is 3.91. The maximum atomic E-state index is 12.5. The van der Waals surface area contributed by atoms with E-state index < -0.39 is 0 Å². The van der Waals surface area contributed by atoms with Gasteiger partial charge in [-0.05, 0) is 32.0 Å². The van der Waals surface area contributed by atoms with Crippen molar-refractivity contribution in [2.45, 2.75) is 26.8 Å². The van der Waals surface area contributed by atoms with Crippen LogP contribution in [-0.4, -0.2) is 37.2 Å². The number of aromatic nitrogens is 1. The molecule has 1 aromatic heterocycles. The minimum atomic E-state index is -0.0171. The van der Waals surface area contributed by atoms with Gasteiger partial charge < -0.3 is 18.9 Å². The molecule has 1 heterocycles. The number of likely N-dealkylation sites (N-methyl/N-ethyl adjacent to an activating group) is 1. The van der Waals surface area contributed by atoms with Gasteiger partial charge in [0.25, 0.3) is 0 Å². The first-order chi connectivity index (χ1) is 11.0. The molecule has 6 heteroatoms. The highest BCUT2D eigenvalue weighted by Crippen LogP contribution is 2.25. The molecule has 1 amide bonds. The van der Waals surface area contributed by atoms with E-state index in [2.05, 4.69) is 5.16 Å². The van der Waals surface area contributed by atoms with E-state index >= 15 is 0 Å². The Hall–Kier alpha value is -2.50. The van der Waals surface area contributed by atoms with Gasteiger partial charge in [0.2, 0.25) is 5.91 Å². The van der Waals surface area contributed by atoms with Crippen LogP contribution in [0.1, 0.15) is 22.6 Å². The highest BCUT2D eigenvalue weighted by atomic mass is 16.5. The molecule has 2 aromatic rings. The standard InChI is InChI=1S/C17H22N2O4/c1-11-15(12(2)23-18-11)10-19(3)17(20)9-13-8-14(21-4)6-7-16(13)22-5/h6-8H,9-10H2,1-5H3. The van der Waals surface area contributed by atoms with E-state index in [4.69, 9.17) is 14.0 Å². The molecular weight excluding hydrogens is 296 g/mol. The molecule has 0 aliphatic heterocycles. The largest absolute Gasteiger partial charge is 0.497 e. The van der Waals surface area contributed by atoms with Gasteiger partial charge in [-0.1, -0.05) is 5.16 Å². The van der Waals surface area contributed by atoms with Crippen molar-refractivity contribution in [2.24, 2.45) is 0 Å². The summed E-state index contributed by atoms with van der Waals surface area (Å²) < 4.78 is 15.7. The summed E-state index contributed by atoms with van der Waals surface area (Å²) in [6.45, 7) is 4.18. The van der Waals surface area contributed by atoms with Crippen LogP contribution >= 0.6 is 0 Å². The van der Waals surface area contributed by atoms with Gasteiger partial charge in [-0.15, -0.1) is 0 Å². The second-order valence-electron chi connectivity index (χ2n) is 5.41. The molecule has 124 valence electrons. The number of carbonyl (C=O) groups is 1. The number of carbonyl (C=O) groups excluding carboxylic acids is 1. The highest BCUT2D eigenvalue weighted by molar-refractivity contribution is 5.79. The van der Waals surface area contributed by atoms with E-state index in [1.807, 2.05) is 19.9 Å². The van der Waals surface area contributed by atoms with Crippen molar-refractivity contribution in [3.63, 3.8) is 0 Å². The SMILES string of the molecule is COc1ccc(OC)c(CC(=O)N(C)Cc2c(C)noc2C)c1. The van der Waals surface area contributed by atoms with Crippen LogP contribution in [0.25, 0.3) is 0 Å². The number of amides is 1. The van der Waals surface area contributed by atoms with Gasteiger partial charge in [0, 0.05) is 18.2 Å². The number of aryl methyl sites for hydroxylation is 2. The topological polar surface area (TPSA) is 64.8 Å². The van der Waals surface area contributed by atoms with Crippen molar-refractivity contribution >= 4 is 5.91 Å². The Kier molecular flexibility index (Phi) is 5.26. The molecule has 0 unspecified atom stereocenters. The Morgan fingerprint density at radius 3 is 2.57 bits per heavy atom. The van der Waals surface area contributed by atoms with E-state index in [0.29, 0.717) is 18.0 Å². The third-order valence-corrected chi connectivity index (χ3v) is 3.83. The van der Waals surface area contributed by atoms with Gasteiger partial charge >= 0.3 is 0 Å². The predicted molar refractivity (Wildman–Crippen MR) is 85.7 cm³/mol. The molecule has 0 radical (unpaired) electrons. The van der Waals surface area contributed by atoms with Crippen molar-refractivity contribution in [3.8, 4) is 11.5 Å². The van der Waals surface area contributed by atoms with Gasteiger partial charge in [-0.3, -0.25) is 4.79 Å². The normalized spacial score (nSPS) is 10.5. The lowest BCUT2D eigenvalue weighted by molar-refractivity contribution is -0.129. The number of ether oxygens (including phenoxy) is 2. The fraction of sp³-hybridized carbons (Fsp3) is 0.412. The van der Waals surface area contributed by atoms with E-state index in [0.717, 1.165) is 22.6 Å². The third kappa shape index (κ3) is 3.83. The van der Waals surface area contributed by atoms with Crippen molar-refractivity contribution in [3.05, 3.63) is 40.8 Å². The molecule has 0 saturated carbocycles. The minimum Gasteiger partial charge on any atom is -0.497 e. The summed E-state index contributed by atoms with van der Waals surface area (Å²) >= 11 is 0. The number of hydrogen-bond donors (Lipinski definition) is 0. The first kappa shape index (κ1) is 16.9. The summed E-state index contributed by atoms with van der Waals surface area (Å²) in [5.74, 6) is 2.09. The van der Waals surface area contributed by atoms with E-state index in [9.17, 15) is 4.79 Å². The summed E-state index contributed by atoms with van der Waals surface area (Å²) in [6.07, 6.45) is 0.236. The molecule has 23 heavy (non-hydrogen) atoms. The van der Waals surface area contributed by atoms with Crippen LogP contribution in [0.4, 0.5) is 0 Å². The van der Waals surface area contributed by atoms with E-state index in [1.54, 1.807) is 38.3 Å². The summed E-state index contributed by atoms with van der Waals surface area (Å²) in [7, 11) is 4.95. The van der Waals surface area contributed by atoms with Crippen LogP contribution in [0.3, 0.4) is 0 Å². The van der Waals surface area contributed by atoms with Crippen LogP contribution in [0.2, 0.25) is 0 Å². The zero-order valence-electron chi connectivity index (χ0n) is 14.2. The quantitative estimate of drug-likeness (QED) is 0.819. The Balaban J connectivity index is 2.12. The highest BCUT2D eigenvalue weighted by Gasteiger charge is 2.17. The van der Waals surface area contributed by atoms with E-state index in [-0.39, 0.29) is 12.3 Å². The smallest absolute Gasteiger partial charge is 0.227 e. The number of methoxy groups -OCH3 is 2. The van der Waals surface area contributed by atoms with Gasteiger partial charge in [-0.2, -0.15) is 0 Å². The van der Waals surface area contributed by atoms with Gasteiger partial charge in [0.1, 0.15) is 17.3 Å². The van der Waals surface area contributed by atoms with Crippen molar-refractivity contribution < 1.29 is 18.8 Å². The fourth-order valence-corrected chi connectivity index (χ4v) is 2.37. The maximum absolute atomic E-state index is 12.5. The zero-order chi connectivity index (χ0) is 17.0. The molecule has 0 spiro atoms. The molecule has 0 bridgehead atoms. The van der Waals surface area contributed by atoms with Crippen LogP contribution in [0, 0.1) is 13.8 Å². The van der Waals surface area contributed by atoms with Gasteiger partial charge in [0.15, 0.2) is 0 Å². The fourth-order valence-electron chi connectivity index (χ4n) is 2.37. The maximum Gasteiger partial charge on any atom is 0.227 e. The molecule has 6 nitrogen and oxygen atoms in total. The lowest BCUT2D eigenvalue weighted by Gasteiger charge is -2.18. The molecule has 0 N–H and O–H groups in total. The van der Waals surface area contributed by atoms with Crippen LogP contribution in [0.15, 0.2) is 22.7 Å². The molecular formula is C17H22N2O4. The van der Waals surface area contributed by atoms with Crippen molar-refractivity contribution in [1.82, 2.24) is 10.1 Å². The summed E-state index contributed by atoms with van der Waals surface area (Å²) in [4.78, 5) is 14.2. The molecule has 0 aliphatic rings. The summed E-state index contributed by atoms with van der Waals surface area (Å²) in [5.41, 5.74) is 2.54. The monoisotopic (exact) mass is 318 g/mol. The number of benzene rings is 1. The average molecular weight is 318 g/mol. The number of nitrogens with zero attached hydrogens (tertiary/aromatic N) is 2. The molecule has 0 saturated heterocycles. The Labute approximate surface area is 136 Å². The summed E-state index contributed by atoms with van der Waals surface area (Å²) in [6, 6.07) is 5.43.